The number of benzene rings is 2. The van der Waals surface area contributed by atoms with Crippen molar-refractivity contribution >= 4 is 27.3 Å². The molecular formula is C24H28N4O3S. The molecular weight excluding hydrogens is 424 g/mol. The van der Waals surface area contributed by atoms with Gasteiger partial charge in [0.25, 0.3) is 5.91 Å². The summed E-state index contributed by atoms with van der Waals surface area (Å²) >= 11 is 0. The molecule has 2 heterocycles. The maximum Gasteiger partial charge on any atom is 0.258 e. The Labute approximate surface area is 189 Å². The van der Waals surface area contributed by atoms with Gasteiger partial charge in [-0.3, -0.25) is 4.79 Å². The van der Waals surface area contributed by atoms with Gasteiger partial charge in [0.05, 0.1) is 22.7 Å². The zero-order valence-corrected chi connectivity index (χ0v) is 19.1. The largest absolute Gasteiger partial charge is 0.380 e. The van der Waals surface area contributed by atoms with Crippen molar-refractivity contribution in [3.63, 3.8) is 0 Å². The monoisotopic (exact) mass is 452 g/mol. The lowest BCUT2D eigenvalue weighted by atomic mass is 10.0. The minimum atomic E-state index is -3.44. The molecule has 168 valence electrons. The first-order valence-corrected chi connectivity index (χ1v) is 12.3. The molecule has 2 aromatic rings. The lowest BCUT2D eigenvalue weighted by molar-refractivity contribution is -0.115. The summed E-state index contributed by atoms with van der Waals surface area (Å²) in [7, 11) is 0.479. The second-order valence-electron chi connectivity index (χ2n) is 8.29. The van der Waals surface area contributed by atoms with Crippen LogP contribution < -0.4 is 15.4 Å². The second kappa shape index (κ2) is 9.28. The molecule has 0 bridgehead atoms. The van der Waals surface area contributed by atoms with Gasteiger partial charge in [0.15, 0.2) is 0 Å². The normalized spacial score (nSPS) is 15.9. The highest BCUT2D eigenvalue weighted by Gasteiger charge is 2.35. The molecule has 2 aromatic carbocycles. The first-order valence-electron chi connectivity index (χ1n) is 10.6. The van der Waals surface area contributed by atoms with Crippen LogP contribution in [0.3, 0.4) is 0 Å². The Morgan fingerprint density at radius 2 is 1.75 bits per heavy atom. The zero-order valence-electron chi connectivity index (χ0n) is 18.3. The van der Waals surface area contributed by atoms with Crippen LogP contribution in [0.5, 0.6) is 0 Å². The molecule has 4 rings (SSSR count). The van der Waals surface area contributed by atoms with Crippen LogP contribution in [0.2, 0.25) is 0 Å². The van der Waals surface area contributed by atoms with Crippen molar-refractivity contribution < 1.29 is 13.2 Å². The summed E-state index contributed by atoms with van der Waals surface area (Å²) in [6, 6.07) is 17.1. The third kappa shape index (κ3) is 4.93. The minimum Gasteiger partial charge on any atom is -0.380 e. The number of amides is 1. The molecule has 3 N–H and O–H groups in total. The topological polar surface area (TPSA) is 90.5 Å². The SMILES string of the molecule is CN(C)CCCNS(=O)(=O)Cc1cccc(C2=C3C(=O)NC(c4ccccc4)=C3CN2)c1. The first-order chi connectivity index (χ1) is 15.3. The summed E-state index contributed by atoms with van der Waals surface area (Å²) in [5, 5.41) is 6.33. The highest BCUT2D eigenvalue weighted by molar-refractivity contribution is 7.88. The maximum absolute atomic E-state index is 12.8. The van der Waals surface area contributed by atoms with Gasteiger partial charge in [-0.05, 0) is 49.8 Å². The van der Waals surface area contributed by atoms with Crippen molar-refractivity contribution in [2.24, 2.45) is 0 Å². The van der Waals surface area contributed by atoms with E-state index in [1.165, 1.54) is 0 Å². The molecule has 0 aliphatic carbocycles. The number of carbonyl (C=O) groups excluding carboxylic acids is 1. The number of sulfonamides is 1. The molecule has 0 saturated heterocycles. The van der Waals surface area contributed by atoms with E-state index in [9.17, 15) is 13.2 Å². The van der Waals surface area contributed by atoms with Gasteiger partial charge in [-0.15, -0.1) is 0 Å². The number of nitrogens with zero attached hydrogens (tertiary/aromatic N) is 1. The molecule has 8 heteroatoms. The summed E-state index contributed by atoms with van der Waals surface area (Å²) in [6.07, 6.45) is 0.750. The van der Waals surface area contributed by atoms with Gasteiger partial charge in [0, 0.05) is 18.7 Å². The van der Waals surface area contributed by atoms with Crippen molar-refractivity contribution in [3.8, 4) is 0 Å². The summed E-state index contributed by atoms with van der Waals surface area (Å²) in [5.41, 5.74) is 5.59. The fraction of sp³-hybridized carbons (Fsp3) is 0.292. The Bertz CT molecular complexity index is 1180. The Kier molecular flexibility index (Phi) is 6.45. The van der Waals surface area contributed by atoms with Crippen molar-refractivity contribution in [2.75, 3.05) is 33.7 Å². The van der Waals surface area contributed by atoms with Crippen LogP contribution >= 0.6 is 0 Å². The van der Waals surface area contributed by atoms with E-state index in [0.29, 0.717) is 24.2 Å². The molecule has 32 heavy (non-hydrogen) atoms. The maximum atomic E-state index is 12.8. The molecule has 7 nitrogen and oxygen atoms in total. The molecule has 0 spiro atoms. The van der Waals surface area contributed by atoms with Crippen LogP contribution in [0, 0.1) is 0 Å². The van der Waals surface area contributed by atoms with Crippen LogP contribution in [0.15, 0.2) is 65.7 Å². The Hall–Kier alpha value is -2.94. The molecule has 0 radical (unpaired) electrons. The summed E-state index contributed by atoms with van der Waals surface area (Å²) < 4.78 is 27.6. The predicted octanol–water partition coefficient (Wildman–Crippen LogP) is 1.91. The Balaban J connectivity index is 1.55. The fourth-order valence-electron chi connectivity index (χ4n) is 4.03. The predicted molar refractivity (Wildman–Crippen MR) is 127 cm³/mol. The third-order valence-electron chi connectivity index (χ3n) is 5.50. The molecule has 0 fully saturated rings. The zero-order chi connectivity index (χ0) is 22.7. The van der Waals surface area contributed by atoms with E-state index in [0.717, 1.165) is 41.1 Å². The van der Waals surface area contributed by atoms with Crippen molar-refractivity contribution in [1.29, 1.82) is 0 Å². The van der Waals surface area contributed by atoms with Gasteiger partial charge < -0.3 is 15.5 Å². The Morgan fingerprint density at radius 3 is 2.50 bits per heavy atom. The smallest absolute Gasteiger partial charge is 0.258 e. The van der Waals surface area contributed by atoms with E-state index in [1.807, 2.05) is 67.5 Å². The minimum absolute atomic E-state index is 0.102. The average Bonchev–Trinajstić information content (AvgIpc) is 3.33. The van der Waals surface area contributed by atoms with E-state index < -0.39 is 10.0 Å². The number of rotatable bonds is 9. The molecule has 2 aliphatic rings. The van der Waals surface area contributed by atoms with E-state index in [1.54, 1.807) is 6.07 Å². The van der Waals surface area contributed by atoms with Crippen LogP contribution in [0.1, 0.15) is 23.1 Å². The first kappa shape index (κ1) is 22.3. The standard InChI is InChI=1S/C24H28N4O3S/c1-28(2)13-7-12-26-32(30,31)16-17-8-6-11-19(14-17)23-21-20(15-25-23)22(27-24(21)29)18-9-4-3-5-10-18/h3-6,8-11,14,25-26H,7,12-13,15-16H2,1-2H3,(H,27,29). The number of hydrogen-bond donors (Lipinski definition) is 3. The van der Waals surface area contributed by atoms with Crippen LogP contribution in [0.25, 0.3) is 11.4 Å². The van der Waals surface area contributed by atoms with E-state index in [-0.39, 0.29) is 11.7 Å². The summed E-state index contributed by atoms with van der Waals surface area (Å²) in [5.74, 6) is -0.241. The number of fused-ring (bicyclic) bond motifs is 1. The Morgan fingerprint density at radius 1 is 1.00 bits per heavy atom. The molecule has 2 aliphatic heterocycles. The van der Waals surface area contributed by atoms with E-state index in [4.69, 9.17) is 0 Å². The molecule has 0 atom stereocenters. The van der Waals surface area contributed by atoms with Gasteiger partial charge in [-0.25, -0.2) is 13.1 Å². The van der Waals surface area contributed by atoms with Gasteiger partial charge in [-0.1, -0.05) is 48.5 Å². The van der Waals surface area contributed by atoms with Gasteiger partial charge in [0.2, 0.25) is 10.0 Å². The van der Waals surface area contributed by atoms with Crippen LogP contribution in [-0.2, 0) is 20.6 Å². The molecule has 0 unspecified atom stereocenters. The highest BCUT2D eigenvalue weighted by Crippen LogP contribution is 2.36. The lowest BCUT2D eigenvalue weighted by Crippen LogP contribution is -2.28. The lowest BCUT2D eigenvalue weighted by Gasteiger charge is -2.12. The molecule has 0 saturated carbocycles. The number of hydrogen-bond acceptors (Lipinski definition) is 5. The van der Waals surface area contributed by atoms with Gasteiger partial charge in [-0.2, -0.15) is 0 Å². The van der Waals surface area contributed by atoms with Gasteiger partial charge in [0.1, 0.15) is 0 Å². The fourth-order valence-corrected chi connectivity index (χ4v) is 5.20. The summed E-state index contributed by atoms with van der Waals surface area (Å²) in [6.45, 7) is 1.78. The van der Waals surface area contributed by atoms with Gasteiger partial charge >= 0.3 is 0 Å². The third-order valence-corrected chi connectivity index (χ3v) is 6.86. The molecule has 0 aromatic heterocycles. The van der Waals surface area contributed by atoms with Crippen molar-refractivity contribution in [2.45, 2.75) is 12.2 Å². The number of nitrogens with one attached hydrogen (secondary N) is 3. The molecule has 1 amide bonds. The number of carbonyl (C=O) groups is 1. The van der Waals surface area contributed by atoms with E-state index in [2.05, 4.69) is 15.4 Å². The highest BCUT2D eigenvalue weighted by atomic mass is 32.2. The average molecular weight is 453 g/mol. The quantitative estimate of drug-likeness (QED) is 0.506. The second-order valence-corrected chi connectivity index (χ2v) is 10.1. The van der Waals surface area contributed by atoms with Crippen LogP contribution in [0.4, 0.5) is 0 Å². The van der Waals surface area contributed by atoms with Crippen molar-refractivity contribution in [1.82, 2.24) is 20.3 Å². The van der Waals surface area contributed by atoms with E-state index >= 15 is 0 Å². The summed E-state index contributed by atoms with van der Waals surface area (Å²) in [4.78, 5) is 14.8. The van der Waals surface area contributed by atoms with Crippen LogP contribution in [-0.4, -0.2) is 53.0 Å². The van der Waals surface area contributed by atoms with Crippen molar-refractivity contribution in [3.05, 3.63) is 82.4 Å².